The first-order chi connectivity index (χ1) is 15.2. The van der Waals surface area contributed by atoms with Crippen LogP contribution >= 0.6 is 0 Å². The molecule has 172 valence electrons. The highest BCUT2D eigenvalue weighted by molar-refractivity contribution is 6.05. The molecule has 6 nitrogen and oxygen atoms in total. The monoisotopic (exact) mass is 438 g/mol. The number of ether oxygens (including phenoxy) is 2. The van der Waals surface area contributed by atoms with Gasteiger partial charge in [0, 0.05) is 23.9 Å². The largest absolute Gasteiger partial charge is 0.494 e. The van der Waals surface area contributed by atoms with Crippen LogP contribution in [0.4, 0.5) is 11.4 Å². The van der Waals surface area contributed by atoms with Crippen molar-refractivity contribution in [3.8, 4) is 11.5 Å². The van der Waals surface area contributed by atoms with Crippen LogP contribution in [0.2, 0.25) is 0 Å². The van der Waals surface area contributed by atoms with Gasteiger partial charge in [-0.3, -0.25) is 9.59 Å². The van der Waals surface area contributed by atoms with Gasteiger partial charge in [0.05, 0.1) is 17.7 Å². The maximum absolute atomic E-state index is 13.1. The van der Waals surface area contributed by atoms with Gasteiger partial charge < -0.3 is 19.7 Å². The molecule has 0 bridgehead atoms. The quantitative estimate of drug-likeness (QED) is 0.551. The van der Waals surface area contributed by atoms with Crippen LogP contribution in [0, 0.1) is 11.3 Å². The first-order valence-electron chi connectivity index (χ1n) is 11.3. The second-order valence-electron chi connectivity index (χ2n) is 9.35. The van der Waals surface area contributed by atoms with Gasteiger partial charge in [-0.05, 0) is 62.6 Å². The number of nitrogens with zero attached hydrogens (tertiary/aromatic N) is 1. The fourth-order valence-electron chi connectivity index (χ4n) is 3.51. The molecule has 1 aliphatic rings. The smallest absolute Gasteiger partial charge is 0.255 e. The van der Waals surface area contributed by atoms with Gasteiger partial charge in [0.15, 0.2) is 0 Å². The number of benzene rings is 2. The highest BCUT2D eigenvalue weighted by Gasteiger charge is 2.38. The van der Waals surface area contributed by atoms with Crippen LogP contribution < -0.4 is 19.7 Å². The van der Waals surface area contributed by atoms with E-state index in [4.69, 9.17) is 9.47 Å². The Balaban J connectivity index is 1.76. The number of hydrogen-bond donors (Lipinski definition) is 1. The maximum atomic E-state index is 13.1. The highest BCUT2D eigenvalue weighted by Crippen LogP contribution is 2.38. The second-order valence-corrected chi connectivity index (χ2v) is 9.35. The van der Waals surface area contributed by atoms with E-state index in [0.29, 0.717) is 36.1 Å². The molecule has 3 rings (SSSR count). The summed E-state index contributed by atoms with van der Waals surface area (Å²) in [5.41, 5.74) is 1.27. The van der Waals surface area contributed by atoms with E-state index < -0.39 is 5.41 Å². The van der Waals surface area contributed by atoms with E-state index in [2.05, 4.69) is 26.1 Å². The lowest BCUT2D eigenvalue weighted by molar-refractivity contribution is -0.127. The van der Waals surface area contributed by atoms with Crippen molar-refractivity contribution in [2.75, 3.05) is 30.0 Å². The molecule has 1 heterocycles. The number of amides is 2. The van der Waals surface area contributed by atoms with E-state index in [9.17, 15) is 9.59 Å². The summed E-state index contributed by atoms with van der Waals surface area (Å²) >= 11 is 0. The summed E-state index contributed by atoms with van der Waals surface area (Å²) in [6, 6.07) is 12.6. The number of unbranched alkanes of at least 4 members (excludes halogenated alkanes) is 1. The minimum atomic E-state index is -0.627. The highest BCUT2D eigenvalue weighted by atomic mass is 16.5. The number of rotatable bonds is 8. The summed E-state index contributed by atoms with van der Waals surface area (Å²) in [7, 11) is 0. The molecule has 1 N–H and O–H groups in total. The Bertz CT molecular complexity index is 951. The van der Waals surface area contributed by atoms with Crippen molar-refractivity contribution >= 4 is 23.2 Å². The summed E-state index contributed by atoms with van der Waals surface area (Å²) in [6.07, 6.45) is 2.08. The van der Waals surface area contributed by atoms with E-state index in [1.807, 2.05) is 32.0 Å². The van der Waals surface area contributed by atoms with Crippen molar-refractivity contribution < 1.29 is 19.1 Å². The number of fused-ring (bicyclic) bond motifs is 1. The predicted octanol–water partition coefficient (Wildman–Crippen LogP) is 5.53. The van der Waals surface area contributed by atoms with E-state index in [0.717, 1.165) is 24.3 Å². The topological polar surface area (TPSA) is 67.9 Å². The Kier molecular flexibility index (Phi) is 7.44. The van der Waals surface area contributed by atoms with Crippen molar-refractivity contribution in [2.45, 2.75) is 47.5 Å². The molecule has 6 heteroatoms. The Morgan fingerprint density at radius 3 is 2.56 bits per heavy atom. The molecule has 32 heavy (non-hydrogen) atoms. The standard InChI is InChI=1S/C26H34N2O4/c1-6-7-14-31-21-11-8-19(9-12-21)24(29)27-20-10-13-22-23(15-20)32-17-26(4,5)25(30)28(22)16-18(2)3/h8-13,15,18H,6-7,14,16-17H2,1-5H3,(H,27,29). The van der Waals surface area contributed by atoms with Gasteiger partial charge >= 0.3 is 0 Å². The zero-order chi connectivity index (χ0) is 23.3. The van der Waals surface area contributed by atoms with Crippen molar-refractivity contribution in [1.82, 2.24) is 0 Å². The minimum Gasteiger partial charge on any atom is -0.494 e. The molecule has 0 saturated carbocycles. The molecule has 0 saturated heterocycles. The second kappa shape index (κ2) is 10.1. The van der Waals surface area contributed by atoms with Crippen LogP contribution in [-0.2, 0) is 4.79 Å². The summed E-state index contributed by atoms with van der Waals surface area (Å²) < 4.78 is 11.7. The molecule has 0 radical (unpaired) electrons. The molecule has 0 fully saturated rings. The maximum Gasteiger partial charge on any atom is 0.255 e. The molecule has 2 aromatic carbocycles. The summed E-state index contributed by atoms with van der Waals surface area (Å²) in [5, 5.41) is 2.92. The van der Waals surface area contributed by atoms with Crippen molar-refractivity contribution in [3.63, 3.8) is 0 Å². The Morgan fingerprint density at radius 1 is 1.19 bits per heavy atom. The summed E-state index contributed by atoms with van der Waals surface area (Å²) in [6.45, 7) is 11.6. The van der Waals surface area contributed by atoms with Crippen LogP contribution in [0.3, 0.4) is 0 Å². The first-order valence-corrected chi connectivity index (χ1v) is 11.3. The molecule has 0 atom stereocenters. The van der Waals surface area contributed by atoms with Crippen LogP contribution in [0.5, 0.6) is 11.5 Å². The zero-order valence-electron chi connectivity index (χ0n) is 19.7. The fourth-order valence-corrected chi connectivity index (χ4v) is 3.51. The predicted molar refractivity (Wildman–Crippen MR) is 128 cm³/mol. The number of nitrogens with one attached hydrogen (secondary N) is 1. The number of hydrogen-bond acceptors (Lipinski definition) is 4. The lowest BCUT2D eigenvalue weighted by Crippen LogP contribution is -2.43. The molecular formula is C26H34N2O4. The average molecular weight is 439 g/mol. The van der Waals surface area contributed by atoms with Crippen molar-refractivity contribution in [3.05, 3.63) is 48.0 Å². The van der Waals surface area contributed by atoms with E-state index in [-0.39, 0.29) is 18.4 Å². The molecular weight excluding hydrogens is 404 g/mol. The molecule has 2 aromatic rings. The summed E-state index contributed by atoms with van der Waals surface area (Å²) in [4.78, 5) is 27.6. The van der Waals surface area contributed by atoms with Crippen molar-refractivity contribution in [1.29, 1.82) is 0 Å². The van der Waals surface area contributed by atoms with Crippen LogP contribution in [0.15, 0.2) is 42.5 Å². The van der Waals surface area contributed by atoms with E-state index in [1.54, 1.807) is 29.2 Å². The fraction of sp³-hybridized carbons (Fsp3) is 0.462. The van der Waals surface area contributed by atoms with Crippen LogP contribution in [0.25, 0.3) is 0 Å². The Hall–Kier alpha value is -3.02. The van der Waals surface area contributed by atoms with Crippen LogP contribution in [-0.4, -0.2) is 31.6 Å². The van der Waals surface area contributed by atoms with Gasteiger partial charge in [0.1, 0.15) is 18.1 Å². The van der Waals surface area contributed by atoms with Gasteiger partial charge in [0.2, 0.25) is 5.91 Å². The van der Waals surface area contributed by atoms with Gasteiger partial charge in [-0.2, -0.15) is 0 Å². The van der Waals surface area contributed by atoms with E-state index >= 15 is 0 Å². The number of carbonyl (C=O) groups excluding carboxylic acids is 2. The van der Waals surface area contributed by atoms with Crippen LogP contribution in [0.1, 0.15) is 57.8 Å². The van der Waals surface area contributed by atoms with Gasteiger partial charge in [0.25, 0.3) is 5.91 Å². The normalized spacial score (nSPS) is 15.1. The molecule has 1 aliphatic heterocycles. The van der Waals surface area contributed by atoms with Gasteiger partial charge in [-0.1, -0.05) is 27.2 Å². The van der Waals surface area contributed by atoms with Gasteiger partial charge in [-0.25, -0.2) is 0 Å². The zero-order valence-corrected chi connectivity index (χ0v) is 19.7. The number of carbonyl (C=O) groups is 2. The SMILES string of the molecule is CCCCOc1ccc(C(=O)Nc2ccc3c(c2)OCC(C)(C)C(=O)N3CC(C)C)cc1. The minimum absolute atomic E-state index is 0.0444. The average Bonchev–Trinajstić information content (AvgIpc) is 2.84. The first kappa shape index (κ1) is 23.6. The molecule has 2 amide bonds. The lowest BCUT2D eigenvalue weighted by Gasteiger charge is -2.29. The summed E-state index contributed by atoms with van der Waals surface area (Å²) in [5.74, 6) is 1.50. The third kappa shape index (κ3) is 5.61. The third-order valence-electron chi connectivity index (χ3n) is 5.35. The Labute approximate surface area is 190 Å². The van der Waals surface area contributed by atoms with E-state index in [1.165, 1.54) is 0 Å². The lowest BCUT2D eigenvalue weighted by atomic mass is 9.92. The molecule has 0 unspecified atom stereocenters. The van der Waals surface area contributed by atoms with Crippen molar-refractivity contribution in [2.24, 2.45) is 11.3 Å². The number of anilines is 2. The third-order valence-corrected chi connectivity index (χ3v) is 5.35. The Morgan fingerprint density at radius 2 is 1.91 bits per heavy atom. The molecule has 0 spiro atoms. The molecule has 0 aliphatic carbocycles. The molecule has 0 aromatic heterocycles. The van der Waals surface area contributed by atoms with Gasteiger partial charge in [-0.15, -0.1) is 0 Å².